The van der Waals surface area contributed by atoms with Crippen LogP contribution in [0.2, 0.25) is 5.02 Å². The van der Waals surface area contributed by atoms with Gasteiger partial charge in [0.05, 0.1) is 5.41 Å². The topological polar surface area (TPSA) is 54.2 Å². The number of nitrogens with zero attached hydrogens (tertiary/aromatic N) is 1. The second kappa shape index (κ2) is 8.91. The number of aliphatic imine (C=N–C) groups is 1. The van der Waals surface area contributed by atoms with E-state index in [-0.39, 0.29) is 5.41 Å². The molecule has 1 aromatic heterocycles. The molecule has 3 N–H and O–H groups in total. The number of nitrogens with one attached hydrogen (secondary N) is 1. The number of amidine groups is 1. The molecule has 0 aliphatic carbocycles. The zero-order chi connectivity index (χ0) is 19.2. The van der Waals surface area contributed by atoms with Gasteiger partial charge in [0.15, 0.2) is 0 Å². The minimum Gasteiger partial charge on any atom is -0.387 e. The Hall–Kier alpha value is -2.26. The lowest BCUT2D eigenvalue weighted by molar-refractivity contribution is 0.528. The fourth-order valence-corrected chi connectivity index (χ4v) is 3.45. The van der Waals surface area contributed by atoms with E-state index < -0.39 is 0 Å². The Labute approximate surface area is 161 Å². The van der Waals surface area contributed by atoms with Crippen molar-refractivity contribution < 1.29 is 0 Å². The fraction of sp³-hybridized carbons (Fsp3) is 0.318. The Balaban J connectivity index is 0.000000206. The maximum Gasteiger partial charge on any atom is 0.104 e. The van der Waals surface area contributed by atoms with Crippen molar-refractivity contribution in [3.8, 4) is 0 Å². The molecule has 0 bridgehead atoms. The van der Waals surface area contributed by atoms with E-state index in [9.17, 15) is 0 Å². The van der Waals surface area contributed by atoms with Gasteiger partial charge in [0.1, 0.15) is 5.84 Å². The van der Waals surface area contributed by atoms with Crippen LogP contribution in [0.1, 0.15) is 37.8 Å². The highest BCUT2D eigenvalue weighted by Crippen LogP contribution is 2.32. The van der Waals surface area contributed by atoms with Crippen LogP contribution in [0.15, 0.2) is 59.7 Å². The quantitative estimate of drug-likeness (QED) is 0.439. The number of halogens is 1. The standard InChI is InChI=1S/C13H19ClN2.C9H9N/c1-4-13(5-2,12(15)16-3)10-6-8-11(14)9-7-10;1-7-2-3-9-8(6-7)4-5-10-9/h6-9H,4-5H2,1-3H3,(H2,15,16);2-6,10H,1H3. The SMILES string of the molecule is CCC(CC)(C(N)=NC)c1ccc(Cl)cc1.Cc1ccc2[nH]ccc2c1. The summed E-state index contributed by atoms with van der Waals surface area (Å²) in [6.07, 6.45) is 3.84. The Morgan fingerprint density at radius 2 is 1.73 bits per heavy atom. The van der Waals surface area contributed by atoms with Crippen molar-refractivity contribution in [1.82, 2.24) is 4.98 Å². The summed E-state index contributed by atoms with van der Waals surface area (Å²) >= 11 is 5.90. The molecule has 4 heteroatoms. The first-order chi connectivity index (χ1) is 12.5. The first-order valence-corrected chi connectivity index (χ1v) is 9.37. The second-order valence-corrected chi connectivity index (χ2v) is 6.91. The molecule has 0 amide bonds. The summed E-state index contributed by atoms with van der Waals surface area (Å²) in [4.78, 5) is 7.31. The minimum absolute atomic E-state index is 0.153. The van der Waals surface area contributed by atoms with Crippen molar-refractivity contribution in [2.24, 2.45) is 10.7 Å². The third-order valence-corrected chi connectivity index (χ3v) is 5.30. The molecule has 0 saturated heterocycles. The van der Waals surface area contributed by atoms with Gasteiger partial charge in [-0.3, -0.25) is 4.99 Å². The summed E-state index contributed by atoms with van der Waals surface area (Å²) in [6.45, 7) is 6.37. The molecular formula is C22H28ClN3. The van der Waals surface area contributed by atoms with E-state index in [4.69, 9.17) is 17.3 Å². The van der Waals surface area contributed by atoms with Crippen LogP contribution in [-0.4, -0.2) is 17.9 Å². The lowest BCUT2D eigenvalue weighted by atomic mass is 9.75. The Kier molecular flexibility index (Phi) is 6.87. The van der Waals surface area contributed by atoms with Crippen LogP contribution >= 0.6 is 11.6 Å². The highest BCUT2D eigenvalue weighted by atomic mass is 35.5. The normalized spacial score (nSPS) is 12.0. The zero-order valence-electron chi connectivity index (χ0n) is 16.0. The molecule has 2 aromatic carbocycles. The molecule has 3 aromatic rings. The molecular weight excluding hydrogens is 342 g/mol. The van der Waals surface area contributed by atoms with Gasteiger partial charge in [-0.15, -0.1) is 0 Å². The first-order valence-electron chi connectivity index (χ1n) is 8.99. The van der Waals surface area contributed by atoms with Crippen LogP contribution < -0.4 is 5.73 Å². The van der Waals surface area contributed by atoms with Crippen LogP contribution in [-0.2, 0) is 5.41 Å². The van der Waals surface area contributed by atoms with Crippen molar-refractivity contribution >= 4 is 28.3 Å². The average molecular weight is 370 g/mol. The van der Waals surface area contributed by atoms with E-state index in [0.717, 1.165) is 17.9 Å². The van der Waals surface area contributed by atoms with Gasteiger partial charge in [-0.05, 0) is 61.0 Å². The van der Waals surface area contributed by atoms with Gasteiger partial charge < -0.3 is 10.7 Å². The molecule has 3 nitrogen and oxygen atoms in total. The predicted octanol–water partition coefficient (Wildman–Crippen LogP) is 5.86. The van der Waals surface area contributed by atoms with Gasteiger partial charge in [0.2, 0.25) is 0 Å². The number of fused-ring (bicyclic) bond motifs is 1. The van der Waals surface area contributed by atoms with E-state index in [0.29, 0.717) is 5.84 Å². The molecule has 0 aliphatic rings. The van der Waals surface area contributed by atoms with Crippen molar-refractivity contribution in [3.05, 3.63) is 70.9 Å². The van der Waals surface area contributed by atoms with Gasteiger partial charge in [0, 0.05) is 23.8 Å². The van der Waals surface area contributed by atoms with Crippen LogP contribution in [0, 0.1) is 6.92 Å². The van der Waals surface area contributed by atoms with E-state index in [2.05, 4.69) is 55.0 Å². The Morgan fingerprint density at radius 1 is 1.08 bits per heavy atom. The molecule has 26 heavy (non-hydrogen) atoms. The minimum atomic E-state index is -0.153. The summed E-state index contributed by atoms with van der Waals surface area (Å²) in [5.74, 6) is 0.694. The molecule has 138 valence electrons. The van der Waals surface area contributed by atoms with E-state index in [1.807, 2.05) is 30.5 Å². The number of nitrogens with two attached hydrogens (primary N) is 1. The number of hydrogen-bond donors (Lipinski definition) is 2. The van der Waals surface area contributed by atoms with Crippen molar-refractivity contribution in [2.45, 2.75) is 39.0 Å². The number of aryl methyl sites for hydroxylation is 1. The van der Waals surface area contributed by atoms with Crippen molar-refractivity contribution in [1.29, 1.82) is 0 Å². The molecule has 0 spiro atoms. The summed E-state index contributed by atoms with van der Waals surface area (Å²) in [5, 5.41) is 2.04. The maximum absolute atomic E-state index is 6.06. The van der Waals surface area contributed by atoms with E-state index in [1.165, 1.54) is 22.0 Å². The third-order valence-electron chi connectivity index (χ3n) is 5.04. The number of H-pyrrole nitrogens is 1. The van der Waals surface area contributed by atoms with Crippen molar-refractivity contribution in [2.75, 3.05) is 7.05 Å². The molecule has 0 fully saturated rings. The van der Waals surface area contributed by atoms with Crippen LogP contribution in [0.5, 0.6) is 0 Å². The fourth-order valence-electron chi connectivity index (χ4n) is 3.32. The summed E-state index contributed by atoms with van der Waals surface area (Å²) in [5.41, 5.74) is 9.62. The van der Waals surface area contributed by atoms with Crippen molar-refractivity contribution in [3.63, 3.8) is 0 Å². The molecule has 0 atom stereocenters. The van der Waals surface area contributed by atoms with Gasteiger partial charge in [-0.1, -0.05) is 49.2 Å². The number of benzene rings is 2. The highest BCUT2D eigenvalue weighted by Gasteiger charge is 2.32. The lowest BCUT2D eigenvalue weighted by Crippen LogP contribution is -2.40. The molecule has 1 heterocycles. The summed E-state index contributed by atoms with van der Waals surface area (Å²) < 4.78 is 0. The summed E-state index contributed by atoms with van der Waals surface area (Å²) in [6, 6.07) is 16.3. The van der Waals surface area contributed by atoms with Gasteiger partial charge in [-0.2, -0.15) is 0 Å². The molecule has 3 rings (SSSR count). The first kappa shape index (κ1) is 20.1. The van der Waals surface area contributed by atoms with Gasteiger partial charge in [0.25, 0.3) is 0 Å². The van der Waals surface area contributed by atoms with Crippen LogP contribution in [0.25, 0.3) is 10.9 Å². The second-order valence-electron chi connectivity index (χ2n) is 6.47. The van der Waals surface area contributed by atoms with Gasteiger partial charge >= 0.3 is 0 Å². The average Bonchev–Trinajstić information content (AvgIpc) is 3.12. The monoisotopic (exact) mass is 369 g/mol. The number of aromatic nitrogens is 1. The smallest absolute Gasteiger partial charge is 0.104 e. The highest BCUT2D eigenvalue weighted by molar-refractivity contribution is 6.30. The molecule has 0 unspecified atom stereocenters. The third kappa shape index (κ3) is 4.28. The maximum atomic E-state index is 6.06. The largest absolute Gasteiger partial charge is 0.387 e. The number of aromatic amines is 1. The summed E-state index contributed by atoms with van der Waals surface area (Å²) in [7, 11) is 1.74. The zero-order valence-corrected chi connectivity index (χ0v) is 16.8. The van der Waals surface area contributed by atoms with Crippen LogP contribution in [0.3, 0.4) is 0 Å². The number of rotatable bonds is 4. The Bertz CT molecular complexity index is 858. The van der Waals surface area contributed by atoms with E-state index >= 15 is 0 Å². The van der Waals surface area contributed by atoms with Crippen LogP contribution in [0.4, 0.5) is 0 Å². The predicted molar refractivity (Wildman–Crippen MR) is 114 cm³/mol. The lowest BCUT2D eigenvalue weighted by Gasteiger charge is -2.31. The van der Waals surface area contributed by atoms with Gasteiger partial charge in [-0.25, -0.2) is 0 Å². The Morgan fingerprint density at radius 3 is 2.31 bits per heavy atom. The molecule has 0 saturated carbocycles. The molecule has 0 aliphatic heterocycles. The number of hydrogen-bond acceptors (Lipinski definition) is 1. The molecule has 0 radical (unpaired) electrons. The van der Waals surface area contributed by atoms with E-state index in [1.54, 1.807) is 7.05 Å².